The van der Waals surface area contributed by atoms with Crippen molar-refractivity contribution < 1.29 is 4.74 Å². The topological polar surface area (TPSA) is 61.0 Å². The zero-order valence-corrected chi connectivity index (χ0v) is 9.27. The molecule has 82 valence electrons. The highest BCUT2D eigenvalue weighted by atomic mass is 16.5. The van der Waals surface area contributed by atoms with Gasteiger partial charge in [-0.3, -0.25) is 0 Å². The normalized spacial score (nSPS) is 10.1. The Labute approximate surface area is 94.1 Å². The smallest absolute Gasteiger partial charge is 0.227 e. The first-order valence-corrected chi connectivity index (χ1v) is 4.99. The molecule has 4 heteroatoms. The number of benzene rings is 1. The van der Waals surface area contributed by atoms with Crippen LogP contribution in [0.2, 0.25) is 0 Å². The van der Waals surface area contributed by atoms with Crippen LogP contribution < -0.4 is 10.5 Å². The van der Waals surface area contributed by atoms with Crippen molar-refractivity contribution in [2.75, 3.05) is 5.73 Å². The number of nitrogens with two attached hydrogens (primary N) is 1. The Kier molecular flexibility index (Phi) is 2.72. The molecule has 0 bridgehead atoms. The van der Waals surface area contributed by atoms with Crippen molar-refractivity contribution in [1.82, 2.24) is 9.97 Å². The van der Waals surface area contributed by atoms with Crippen LogP contribution in [0.1, 0.15) is 11.1 Å². The zero-order valence-electron chi connectivity index (χ0n) is 9.27. The lowest BCUT2D eigenvalue weighted by atomic mass is 10.2. The Hall–Kier alpha value is -2.10. The Morgan fingerprint density at radius 3 is 2.62 bits per heavy atom. The number of aryl methyl sites for hydroxylation is 1. The molecule has 0 aliphatic carbocycles. The van der Waals surface area contributed by atoms with E-state index >= 15 is 0 Å². The summed E-state index contributed by atoms with van der Waals surface area (Å²) >= 11 is 0. The van der Waals surface area contributed by atoms with Gasteiger partial charge in [0, 0.05) is 0 Å². The van der Waals surface area contributed by atoms with Crippen LogP contribution in [0.15, 0.2) is 30.6 Å². The molecule has 0 saturated heterocycles. The van der Waals surface area contributed by atoms with E-state index in [1.807, 2.05) is 38.1 Å². The highest BCUT2D eigenvalue weighted by Crippen LogP contribution is 2.26. The first-order valence-electron chi connectivity index (χ1n) is 4.99. The predicted molar refractivity (Wildman–Crippen MR) is 62.4 cm³/mol. The third kappa shape index (κ3) is 1.95. The number of ether oxygens (including phenoxy) is 1. The lowest BCUT2D eigenvalue weighted by molar-refractivity contribution is 0.454. The predicted octanol–water partition coefficient (Wildman–Crippen LogP) is 2.47. The zero-order chi connectivity index (χ0) is 11.5. The van der Waals surface area contributed by atoms with Crippen LogP contribution in [-0.4, -0.2) is 9.97 Å². The highest BCUT2D eigenvalue weighted by molar-refractivity contribution is 5.45. The number of nitrogen functional groups attached to an aromatic ring is 1. The van der Waals surface area contributed by atoms with E-state index < -0.39 is 0 Å². The molecule has 16 heavy (non-hydrogen) atoms. The van der Waals surface area contributed by atoms with Gasteiger partial charge in [-0.1, -0.05) is 18.2 Å². The van der Waals surface area contributed by atoms with Gasteiger partial charge in [-0.2, -0.15) is 0 Å². The Morgan fingerprint density at radius 1 is 1.12 bits per heavy atom. The molecule has 0 atom stereocenters. The molecule has 2 rings (SSSR count). The van der Waals surface area contributed by atoms with Gasteiger partial charge in [-0.05, 0) is 25.5 Å². The monoisotopic (exact) mass is 215 g/mol. The van der Waals surface area contributed by atoms with Crippen LogP contribution in [0.4, 0.5) is 5.82 Å². The molecule has 4 nitrogen and oxygen atoms in total. The molecule has 0 unspecified atom stereocenters. The standard InChI is InChI=1S/C12H13N3O/c1-8-5-3-4-6-10(8)16-12-9(2)11(13)14-7-15-12/h3-7H,1-2H3,(H2,13,14,15). The molecule has 0 aliphatic heterocycles. The second-order valence-electron chi connectivity index (χ2n) is 3.56. The molecular formula is C12H13N3O. The van der Waals surface area contributed by atoms with Crippen LogP contribution in [0.25, 0.3) is 0 Å². The number of hydrogen-bond acceptors (Lipinski definition) is 4. The molecule has 1 aromatic heterocycles. The van der Waals surface area contributed by atoms with Gasteiger partial charge in [0.25, 0.3) is 0 Å². The summed E-state index contributed by atoms with van der Waals surface area (Å²) in [7, 11) is 0. The molecule has 0 aliphatic rings. The van der Waals surface area contributed by atoms with Crippen molar-refractivity contribution >= 4 is 5.82 Å². The average molecular weight is 215 g/mol. The molecule has 1 aromatic carbocycles. The van der Waals surface area contributed by atoms with Crippen LogP contribution in [0, 0.1) is 13.8 Å². The van der Waals surface area contributed by atoms with E-state index in [9.17, 15) is 0 Å². The van der Waals surface area contributed by atoms with Gasteiger partial charge in [-0.15, -0.1) is 0 Å². The second-order valence-corrected chi connectivity index (χ2v) is 3.56. The van der Waals surface area contributed by atoms with Crippen molar-refractivity contribution in [3.63, 3.8) is 0 Å². The average Bonchev–Trinajstić information content (AvgIpc) is 2.28. The van der Waals surface area contributed by atoms with Crippen molar-refractivity contribution in [2.45, 2.75) is 13.8 Å². The molecule has 2 N–H and O–H groups in total. The third-order valence-electron chi connectivity index (χ3n) is 2.38. The van der Waals surface area contributed by atoms with Crippen LogP contribution in [0.5, 0.6) is 11.6 Å². The minimum atomic E-state index is 0.443. The van der Waals surface area contributed by atoms with E-state index in [0.717, 1.165) is 16.9 Å². The second kappa shape index (κ2) is 4.18. The van der Waals surface area contributed by atoms with Gasteiger partial charge in [0.1, 0.15) is 17.9 Å². The summed E-state index contributed by atoms with van der Waals surface area (Å²) in [6.45, 7) is 3.82. The summed E-state index contributed by atoms with van der Waals surface area (Å²) in [5.74, 6) is 1.73. The van der Waals surface area contributed by atoms with E-state index in [0.29, 0.717) is 11.7 Å². The number of aromatic nitrogens is 2. The lowest BCUT2D eigenvalue weighted by Gasteiger charge is -2.09. The molecular weight excluding hydrogens is 202 g/mol. The fourth-order valence-electron chi connectivity index (χ4n) is 1.32. The van der Waals surface area contributed by atoms with Crippen LogP contribution in [0.3, 0.4) is 0 Å². The lowest BCUT2D eigenvalue weighted by Crippen LogP contribution is -1.99. The number of anilines is 1. The van der Waals surface area contributed by atoms with Gasteiger partial charge in [0.2, 0.25) is 5.88 Å². The maximum absolute atomic E-state index is 5.69. The third-order valence-corrected chi connectivity index (χ3v) is 2.38. The van der Waals surface area contributed by atoms with Gasteiger partial charge in [0.15, 0.2) is 0 Å². The minimum Gasteiger partial charge on any atom is -0.438 e. The van der Waals surface area contributed by atoms with Crippen LogP contribution >= 0.6 is 0 Å². The van der Waals surface area contributed by atoms with E-state index in [4.69, 9.17) is 10.5 Å². The maximum Gasteiger partial charge on any atom is 0.227 e. The van der Waals surface area contributed by atoms with Gasteiger partial charge in [-0.25, -0.2) is 9.97 Å². The molecule has 2 aromatic rings. The summed E-state index contributed by atoms with van der Waals surface area (Å²) < 4.78 is 5.69. The molecule has 0 fully saturated rings. The highest BCUT2D eigenvalue weighted by Gasteiger charge is 2.07. The first kappa shape index (κ1) is 10.4. The largest absolute Gasteiger partial charge is 0.438 e. The van der Waals surface area contributed by atoms with Crippen molar-refractivity contribution in [3.05, 3.63) is 41.7 Å². The Balaban J connectivity index is 2.35. The Morgan fingerprint density at radius 2 is 1.88 bits per heavy atom. The van der Waals surface area contributed by atoms with Gasteiger partial charge in [0.05, 0.1) is 5.56 Å². The van der Waals surface area contributed by atoms with E-state index in [-0.39, 0.29) is 0 Å². The molecule has 0 amide bonds. The van der Waals surface area contributed by atoms with Crippen molar-refractivity contribution in [3.8, 4) is 11.6 Å². The van der Waals surface area contributed by atoms with Gasteiger partial charge < -0.3 is 10.5 Å². The number of para-hydroxylation sites is 1. The van der Waals surface area contributed by atoms with E-state index in [1.54, 1.807) is 0 Å². The summed E-state index contributed by atoms with van der Waals surface area (Å²) in [5.41, 5.74) is 7.49. The molecule has 1 heterocycles. The van der Waals surface area contributed by atoms with Crippen molar-refractivity contribution in [1.29, 1.82) is 0 Å². The fourth-order valence-corrected chi connectivity index (χ4v) is 1.32. The summed E-state index contributed by atoms with van der Waals surface area (Å²) in [4.78, 5) is 7.95. The van der Waals surface area contributed by atoms with Crippen LogP contribution in [-0.2, 0) is 0 Å². The number of hydrogen-bond donors (Lipinski definition) is 1. The number of rotatable bonds is 2. The van der Waals surface area contributed by atoms with E-state index in [2.05, 4.69) is 9.97 Å². The fraction of sp³-hybridized carbons (Fsp3) is 0.167. The summed E-state index contributed by atoms with van der Waals surface area (Å²) in [6, 6.07) is 7.76. The minimum absolute atomic E-state index is 0.443. The van der Waals surface area contributed by atoms with Gasteiger partial charge >= 0.3 is 0 Å². The summed E-state index contributed by atoms with van der Waals surface area (Å²) in [6.07, 6.45) is 1.40. The van der Waals surface area contributed by atoms with E-state index in [1.165, 1.54) is 6.33 Å². The molecule has 0 saturated carbocycles. The summed E-state index contributed by atoms with van der Waals surface area (Å²) in [5, 5.41) is 0. The first-order chi connectivity index (χ1) is 7.68. The SMILES string of the molecule is Cc1ccccc1Oc1ncnc(N)c1C. The quantitative estimate of drug-likeness (QED) is 0.835. The molecule has 0 spiro atoms. The molecule has 0 radical (unpaired) electrons. The van der Waals surface area contributed by atoms with Crippen molar-refractivity contribution in [2.24, 2.45) is 0 Å². The Bertz CT molecular complexity index is 511. The number of nitrogens with zero attached hydrogens (tertiary/aromatic N) is 2. The maximum atomic E-state index is 5.69.